The molecule has 0 aliphatic heterocycles. The fourth-order valence-electron chi connectivity index (χ4n) is 2.65. The monoisotopic (exact) mass is 188 g/mol. The van der Waals surface area contributed by atoms with Gasteiger partial charge in [-0.25, -0.2) is 0 Å². The van der Waals surface area contributed by atoms with Crippen molar-refractivity contribution in [3.05, 3.63) is 35.9 Å². The third-order valence-corrected chi connectivity index (χ3v) is 3.69. The Bertz CT molecular complexity index is 273. The summed E-state index contributed by atoms with van der Waals surface area (Å²) in [5, 5.41) is 0. The molecule has 1 aromatic rings. The lowest BCUT2D eigenvalue weighted by molar-refractivity contribution is 0.391. The van der Waals surface area contributed by atoms with Gasteiger partial charge in [-0.3, -0.25) is 0 Å². The fourth-order valence-corrected chi connectivity index (χ4v) is 2.65. The molecule has 2 atom stereocenters. The van der Waals surface area contributed by atoms with E-state index in [2.05, 4.69) is 44.2 Å². The van der Waals surface area contributed by atoms with Crippen molar-refractivity contribution in [1.29, 1.82) is 0 Å². The summed E-state index contributed by atoms with van der Waals surface area (Å²) < 4.78 is 0. The predicted octanol–water partition coefficient (Wildman–Crippen LogP) is 4.23. The lowest BCUT2D eigenvalue weighted by atomic mass is 9.91. The van der Waals surface area contributed by atoms with Gasteiger partial charge in [0.05, 0.1) is 0 Å². The zero-order valence-electron chi connectivity index (χ0n) is 9.24. The molecule has 1 fully saturated rings. The van der Waals surface area contributed by atoms with Crippen LogP contribution in [-0.2, 0) is 0 Å². The minimum atomic E-state index is 0.837. The van der Waals surface area contributed by atoms with Crippen molar-refractivity contribution in [2.45, 2.75) is 39.0 Å². The maximum absolute atomic E-state index is 2.36. The van der Waals surface area contributed by atoms with Gasteiger partial charge in [-0.1, -0.05) is 44.2 Å². The van der Waals surface area contributed by atoms with E-state index in [-0.39, 0.29) is 0 Å². The van der Waals surface area contributed by atoms with Crippen LogP contribution in [0.25, 0.3) is 0 Å². The zero-order chi connectivity index (χ0) is 9.97. The van der Waals surface area contributed by atoms with Crippen molar-refractivity contribution >= 4 is 0 Å². The molecule has 1 aromatic carbocycles. The maximum atomic E-state index is 2.36. The Morgan fingerprint density at radius 2 is 1.79 bits per heavy atom. The molecule has 14 heavy (non-hydrogen) atoms. The van der Waals surface area contributed by atoms with Crippen LogP contribution in [0.3, 0.4) is 0 Å². The summed E-state index contributed by atoms with van der Waals surface area (Å²) in [6.07, 6.45) is 4.23. The highest BCUT2D eigenvalue weighted by Crippen LogP contribution is 2.41. The molecule has 2 rings (SSSR count). The van der Waals surface area contributed by atoms with Crippen LogP contribution in [0.15, 0.2) is 30.3 Å². The third-order valence-electron chi connectivity index (χ3n) is 3.69. The Kier molecular flexibility index (Phi) is 2.90. The van der Waals surface area contributed by atoms with Gasteiger partial charge in [0.1, 0.15) is 0 Å². The molecule has 0 bridgehead atoms. The molecule has 1 saturated carbocycles. The SMILES string of the molecule is CC(C)[C@H]1CC[C@@H](c2ccccc2)C1. The molecule has 0 aromatic heterocycles. The Labute approximate surface area is 87.3 Å². The van der Waals surface area contributed by atoms with Crippen molar-refractivity contribution in [2.24, 2.45) is 11.8 Å². The van der Waals surface area contributed by atoms with Crippen LogP contribution >= 0.6 is 0 Å². The number of hydrogen-bond acceptors (Lipinski definition) is 0. The number of benzene rings is 1. The van der Waals surface area contributed by atoms with Crippen molar-refractivity contribution in [3.8, 4) is 0 Å². The Morgan fingerprint density at radius 1 is 1.07 bits per heavy atom. The van der Waals surface area contributed by atoms with Gasteiger partial charge in [0.15, 0.2) is 0 Å². The molecule has 0 amide bonds. The van der Waals surface area contributed by atoms with Gasteiger partial charge in [0, 0.05) is 0 Å². The normalized spacial score (nSPS) is 27.1. The smallest absolute Gasteiger partial charge is 0.0159 e. The van der Waals surface area contributed by atoms with E-state index in [0.29, 0.717) is 0 Å². The van der Waals surface area contributed by atoms with Crippen LogP contribution < -0.4 is 0 Å². The second-order valence-electron chi connectivity index (χ2n) is 4.92. The predicted molar refractivity (Wildman–Crippen MR) is 61.4 cm³/mol. The first kappa shape index (κ1) is 9.76. The van der Waals surface area contributed by atoms with E-state index in [4.69, 9.17) is 0 Å². The van der Waals surface area contributed by atoms with E-state index in [0.717, 1.165) is 17.8 Å². The average molecular weight is 188 g/mol. The molecule has 76 valence electrons. The van der Waals surface area contributed by atoms with Gasteiger partial charge in [0.2, 0.25) is 0 Å². The molecule has 0 nitrogen and oxygen atoms in total. The van der Waals surface area contributed by atoms with Crippen LogP contribution in [0.2, 0.25) is 0 Å². The summed E-state index contributed by atoms with van der Waals surface area (Å²) in [5.74, 6) is 2.66. The van der Waals surface area contributed by atoms with Gasteiger partial charge in [-0.05, 0) is 42.6 Å². The molecule has 0 heteroatoms. The van der Waals surface area contributed by atoms with E-state index in [1.54, 1.807) is 5.56 Å². The van der Waals surface area contributed by atoms with E-state index >= 15 is 0 Å². The molecular weight excluding hydrogens is 168 g/mol. The molecule has 1 aliphatic rings. The molecule has 0 spiro atoms. The summed E-state index contributed by atoms with van der Waals surface area (Å²) in [6.45, 7) is 4.72. The van der Waals surface area contributed by atoms with Gasteiger partial charge in [-0.2, -0.15) is 0 Å². The van der Waals surface area contributed by atoms with Crippen molar-refractivity contribution in [3.63, 3.8) is 0 Å². The first-order chi connectivity index (χ1) is 6.77. The standard InChI is InChI=1S/C14H20/c1-11(2)13-8-9-14(10-13)12-6-4-3-5-7-12/h3-7,11,13-14H,8-10H2,1-2H3/t13-,14+/m0/s1. The van der Waals surface area contributed by atoms with Crippen molar-refractivity contribution in [1.82, 2.24) is 0 Å². The van der Waals surface area contributed by atoms with Gasteiger partial charge < -0.3 is 0 Å². The lowest BCUT2D eigenvalue weighted by Gasteiger charge is -2.14. The molecule has 0 saturated heterocycles. The molecule has 0 unspecified atom stereocenters. The van der Waals surface area contributed by atoms with Crippen molar-refractivity contribution < 1.29 is 0 Å². The van der Waals surface area contributed by atoms with E-state index < -0.39 is 0 Å². The summed E-state index contributed by atoms with van der Waals surface area (Å²) in [5.41, 5.74) is 1.55. The maximum Gasteiger partial charge on any atom is -0.0159 e. The summed E-state index contributed by atoms with van der Waals surface area (Å²) >= 11 is 0. The number of rotatable bonds is 2. The second kappa shape index (κ2) is 4.16. The van der Waals surface area contributed by atoms with Crippen molar-refractivity contribution in [2.75, 3.05) is 0 Å². The minimum Gasteiger partial charge on any atom is -0.0625 e. The van der Waals surface area contributed by atoms with Crippen LogP contribution in [0.4, 0.5) is 0 Å². The molecule has 0 heterocycles. The van der Waals surface area contributed by atoms with Gasteiger partial charge in [0.25, 0.3) is 0 Å². The average Bonchev–Trinajstić information content (AvgIpc) is 2.68. The second-order valence-corrected chi connectivity index (χ2v) is 4.92. The summed E-state index contributed by atoms with van der Waals surface area (Å²) in [4.78, 5) is 0. The molecule has 0 radical (unpaired) electrons. The highest BCUT2D eigenvalue weighted by molar-refractivity contribution is 5.20. The van der Waals surface area contributed by atoms with E-state index in [9.17, 15) is 0 Å². The molecule has 1 aliphatic carbocycles. The first-order valence-corrected chi connectivity index (χ1v) is 5.82. The van der Waals surface area contributed by atoms with Gasteiger partial charge >= 0.3 is 0 Å². The van der Waals surface area contributed by atoms with E-state index in [1.165, 1.54) is 19.3 Å². The van der Waals surface area contributed by atoms with Crippen LogP contribution in [0, 0.1) is 11.8 Å². The zero-order valence-corrected chi connectivity index (χ0v) is 9.24. The Balaban J connectivity index is 2.03. The fraction of sp³-hybridized carbons (Fsp3) is 0.571. The van der Waals surface area contributed by atoms with Crippen LogP contribution in [0.5, 0.6) is 0 Å². The van der Waals surface area contributed by atoms with Gasteiger partial charge in [-0.15, -0.1) is 0 Å². The molecule has 0 N–H and O–H groups in total. The number of hydrogen-bond donors (Lipinski definition) is 0. The topological polar surface area (TPSA) is 0 Å². The quantitative estimate of drug-likeness (QED) is 0.651. The molecular formula is C14H20. The Hall–Kier alpha value is -0.780. The van der Waals surface area contributed by atoms with Crippen LogP contribution in [0.1, 0.15) is 44.6 Å². The first-order valence-electron chi connectivity index (χ1n) is 5.82. The van der Waals surface area contributed by atoms with Crippen LogP contribution in [-0.4, -0.2) is 0 Å². The summed E-state index contributed by atoms with van der Waals surface area (Å²) in [6, 6.07) is 11.0. The Morgan fingerprint density at radius 3 is 2.36 bits per heavy atom. The highest BCUT2D eigenvalue weighted by atomic mass is 14.3. The lowest BCUT2D eigenvalue weighted by Crippen LogP contribution is -2.03. The van der Waals surface area contributed by atoms with E-state index in [1.807, 2.05) is 0 Å². The largest absolute Gasteiger partial charge is 0.0625 e. The third kappa shape index (κ3) is 2.00. The minimum absolute atomic E-state index is 0.837. The summed E-state index contributed by atoms with van der Waals surface area (Å²) in [7, 11) is 0. The highest BCUT2D eigenvalue weighted by Gasteiger charge is 2.27.